The number of carbonyl (C=O) groups excluding carboxylic acids is 1. The van der Waals surface area contributed by atoms with E-state index in [1.165, 1.54) is 0 Å². The predicted octanol–water partition coefficient (Wildman–Crippen LogP) is 4.51. The Morgan fingerprint density at radius 2 is 1.73 bits per heavy atom. The van der Waals surface area contributed by atoms with E-state index in [4.69, 9.17) is 30.3 Å². The van der Waals surface area contributed by atoms with Crippen LogP contribution in [0.4, 0.5) is 0 Å². The summed E-state index contributed by atoms with van der Waals surface area (Å²) < 4.78 is 21.6. The van der Waals surface area contributed by atoms with Crippen molar-refractivity contribution in [2.75, 3.05) is 33.9 Å². The first-order chi connectivity index (χ1) is 15.9. The molecule has 8 nitrogen and oxygen atoms in total. The lowest BCUT2D eigenvalue weighted by molar-refractivity contribution is -0.133. The van der Waals surface area contributed by atoms with Crippen LogP contribution in [0.5, 0.6) is 17.2 Å². The highest BCUT2D eigenvalue weighted by Crippen LogP contribution is 2.28. The summed E-state index contributed by atoms with van der Waals surface area (Å²) in [4.78, 5) is 19.0. The van der Waals surface area contributed by atoms with Crippen LogP contribution in [0.25, 0.3) is 11.4 Å². The van der Waals surface area contributed by atoms with E-state index in [9.17, 15) is 4.79 Å². The van der Waals surface area contributed by atoms with Crippen molar-refractivity contribution in [1.82, 2.24) is 15.0 Å². The van der Waals surface area contributed by atoms with Crippen molar-refractivity contribution in [1.29, 1.82) is 0 Å². The van der Waals surface area contributed by atoms with E-state index in [-0.39, 0.29) is 12.5 Å². The number of benzene rings is 2. The number of ether oxygens (including phenoxy) is 3. The van der Waals surface area contributed by atoms with E-state index in [1.54, 1.807) is 61.6 Å². The zero-order valence-electron chi connectivity index (χ0n) is 19.2. The van der Waals surface area contributed by atoms with Gasteiger partial charge in [0.25, 0.3) is 5.91 Å². The largest absolute Gasteiger partial charge is 0.497 e. The van der Waals surface area contributed by atoms with Crippen LogP contribution in [0.1, 0.15) is 19.7 Å². The smallest absolute Gasteiger partial charge is 0.260 e. The molecule has 33 heavy (non-hydrogen) atoms. The molecule has 0 fully saturated rings. The Morgan fingerprint density at radius 3 is 2.33 bits per heavy atom. The second kappa shape index (κ2) is 11.6. The van der Waals surface area contributed by atoms with Crippen LogP contribution in [0.15, 0.2) is 47.0 Å². The molecule has 0 aliphatic carbocycles. The van der Waals surface area contributed by atoms with Gasteiger partial charge in [-0.15, -0.1) is 0 Å². The van der Waals surface area contributed by atoms with Crippen LogP contribution in [-0.4, -0.2) is 54.9 Å². The highest BCUT2D eigenvalue weighted by Gasteiger charge is 2.18. The van der Waals surface area contributed by atoms with Crippen LogP contribution in [0.2, 0.25) is 5.02 Å². The van der Waals surface area contributed by atoms with Gasteiger partial charge in [0.1, 0.15) is 17.2 Å². The van der Waals surface area contributed by atoms with Crippen molar-refractivity contribution in [2.24, 2.45) is 5.92 Å². The lowest BCUT2D eigenvalue weighted by atomic mass is 10.2. The predicted molar refractivity (Wildman–Crippen MR) is 125 cm³/mol. The number of hydrogen-bond acceptors (Lipinski definition) is 7. The molecular weight excluding hydrogens is 446 g/mol. The van der Waals surface area contributed by atoms with Crippen molar-refractivity contribution in [3.05, 3.63) is 53.4 Å². The molecule has 0 radical (unpaired) electrons. The van der Waals surface area contributed by atoms with Crippen LogP contribution in [-0.2, 0) is 11.2 Å². The molecule has 3 rings (SSSR count). The summed E-state index contributed by atoms with van der Waals surface area (Å²) in [6.45, 7) is 5.08. The van der Waals surface area contributed by atoms with Crippen molar-refractivity contribution in [3.8, 4) is 28.6 Å². The third kappa shape index (κ3) is 7.12. The fourth-order valence-corrected chi connectivity index (χ4v) is 3.29. The number of hydrogen-bond donors (Lipinski definition) is 0. The zero-order chi connectivity index (χ0) is 23.8. The Kier molecular flexibility index (Phi) is 8.54. The highest BCUT2D eigenvalue weighted by molar-refractivity contribution is 6.30. The Bertz CT molecular complexity index is 1030. The van der Waals surface area contributed by atoms with Crippen LogP contribution in [0, 0.1) is 5.92 Å². The summed E-state index contributed by atoms with van der Waals surface area (Å²) in [5.41, 5.74) is 0.715. The van der Waals surface area contributed by atoms with E-state index in [1.807, 2.05) is 0 Å². The standard InChI is InChI=1S/C24H28ClN3O5/c1-16(2)14-28(23(29)15-32-19-7-5-18(25)6-8-19)10-9-22-26-24(27-33-22)17-11-20(30-3)13-21(12-17)31-4/h5-8,11-13,16H,9-10,14-15H2,1-4H3. The van der Waals surface area contributed by atoms with Gasteiger partial charge in [0.15, 0.2) is 6.61 Å². The SMILES string of the molecule is COc1cc(OC)cc(-c2noc(CCN(CC(C)C)C(=O)COc3ccc(Cl)cc3)n2)c1. The van der Waals surface area contributed by atoms with Gasteiger partial charge in [-0.2, -0.15) is 4.98 Å². The van der Waals surface area contributed by atoms with E-state index < -0.39 is 0 Å². The maximum absolute atomic E-state index is 12.8. The summed E-state index contributed by atoms with van der Waals surface area (Å²) in [5.74, 6) is 2.90. The molecule has 9 heteroatoms. The molecule has 0 spiro atoms. The monoisotopic (exact) mass is 473 g/mol. The number of halogens is 1. The number of aromatic nitrogens is 2. The minimum Gasteiger partial charge on any atom is -0.497 e. The normalized spacial score (nSPS) is 10.8. The van der Waals surface area contributed by atoms with Gasteiger partial charge in [0.2, 0.25) is 11.7 Å². The van der Waals surface area contributed by atoms with Crippen molar-refractivity contribution < 1.29 is 23.5 Å². The Hall–Kier alpha value is -3.26. The molecule has 3 aromatic rings. The molecule has 1 heterocycles. The third-order valence-corrected chi connectivity index (χ3v) is 5.04. The molecule has 0 N–H and O–H groups in total. The molecule has 0 unspecified atom stereocenters. The van der Waals surface area contributed by atoms with Gasteiger partial charge >= 0.3 is 0 Å². The van der Waals surface area contributed by atoms with E-state index in [0.29, 0.717) is 65.0 Å². The minimum atomic E-state index is -0.115. The topological polar surface area (TPSA) is 86.9 Å². The highest BCUT2D eigenvalue weighted by atomic mass is 35.5. The zero-order valence-corrected chi connectivity index (χ0v) is 20.0. The van der Waals surface area contributed by atoms with Crippen LogP contribution < -0.4 is 14.2 Å². The average Bonchev–Trinajstić information content (AvgIpc) is 3.29. The van der Waals surface area contributed by atoms with Gasteiger partial charge in [-0.1, -0.05) is 30.6 Å². The Morgan fingerprint density at radius 1 is 1.06 bits per heavy atom. The molecular formula is C24H28ClN3O5. The molecule has 0 atom stereocenters. The van der Waals surface area contributed by atoms with Gasteiger partial charge in [-0.3, -0.25) is 4.79 Å². The Labute approximate surface area is 198 Å². The second-order valence-corrected chi connectivity index (χ2v) is 8.28. The number of rotatable bonds is 11. The van der Waals surface area contributed by atoms with E-state index in [0.717, 1.165) is 0 Å². The van der Waals surface area contributed by atoms with Gasteiger partial charge in [-0.25, -0.2) is 0 Å². The van der Waals surface area contributed by atoms with E-state index in [2.05, 4.69) is 24.0 Å². The third-order valence-electron chi connectivity index (χ3n) is 4.79. The lowest BCUT2D eigenvalue weighted by Gasteiger charge is -2.24. The van der Waals surface area contributed by atoms with Crippen LogP contribution in [0.3, 0.4) is 0 Å². The molecule has 176 valence electrons. The number of nitrogens with zero attached hydrogens (tertiary/aromatic N) is 3. The molecule has 0 saturated heterocycles. The fraction of sp³-hybridized carbons (Fsp3) is 0.375. The summed E-state index contributed by atoms with van der Waals surface area (Å²) in [6.07, 6.45) is 0.424. The summed E-state index contributed by atoms with van der Waals surface area (Å²) in [5, 5.41) is 4.68. The maximum Gasteiger partial charge on any atom is 0.260 e. The molecule has 2 aromatic carbocycles. The molecule has 0 saturated carbocycles. The first-order valence-electron chi connectivity index (χ1n) is 10.6. The minimum absolute atomic E-state index is 0.0625. The second-order valence-electron chi connectivity index (χ2n) is 7.84. The van der Waals surface area contributed by atoms with Gasteiger partial charge in [-0.05, 0) is 42.3 Å². The summed E-state index contributed by atoms with van der Waals surface area (Å²) >= 11 is 5.89. The molecule has 0 aliphatic heterocycles. The van der Waals surface area contributed by atoms with E-state index >= 15 is 0 Å². The van der Waals surface area contributed by atoms with Crippen molar-refractivity contribution in [2.45, 2.75) is 20.3 Å². The Balaban J connectivity index is 1.63. The lowest BCUT2D eigenvalue weighted by Crippen LogP contribution is -2.39. The van der Waals surface area contributed by atoms with Crippen molar-refractivity contribution in [3.63, 3.8) is 0 Å². The molecule has 0 aliphatic rings. The molecule has 1 aromatic heterocycles. The first-order valence-corrected chi connectivity index (χ1v) is 11.0. The quantitative estimate of drug-likeness (QED) is 0.404. The average molecular weight is 474 g/mol. The number of carbonyl (C=O) groups is 1. The summed E-state index contributed by atoms with van der Waals surface area (Å²) in [6, 6.07) is 12.3. The number of methoxy groups -OCH3 is 2. The van der Waals surface area contributed by atoms with Crippen LogP contribution >= 0.6 is 11.6 Å². The van der Waals surface area contributed by atoms with Gasteiger partial charge < -0.3 is 23.6 Å². The fourth-order valence-electron chi connectivity index (χ4n) is 3.17. The number of amides is 1. The summed E-state index contributed by atoms with van der Waals surface area (Å²) in [7, 11) is 3.16. The maximum atomic E-state index is 12.8. The van der Waals surface area contributed by atoms with Gasteiger partial charge in [0.05, 0.1) is 14.2 Å². The first kappa shape index (κ1) is 24.4. The van der Waals surface area contributed by atoms with Gasteiger partial charge in [0, 0.05) is 36.2 Å². The molecule has 0 bridgehead atoms. The molecule has 1 amide bonds. The van der Waals surface area contributed by atoms with Crippen molar-refractivity contribution >= 4 is 17.5 Å².